The van der Waals surface area contributed by atoms with Crippen LogP contribution in [0, 0.1) is 0 Å². The molecular weight excluding hydrogens is 166 g/mol. The highest BCUT2D eigenvalue weighted by Gasteiger charge is 2.01. The second kappa shape index (κ2) is 4.40. The van der Waals surface area contributed by atoms with Crippen LogP contribution in [0.2, 0.25) is 0 Å². The van der Waals surface area contributed by atoms with Crippen molar-refractivity contribution < 1.29 is 9.59 Å². The summed E-state index contributed by atoms with van der Waals surface area (Å²) < 4.78 is 0. The van der Waals surface area contributed by atoms with Crippen LogP contribution < -0.4 is 5.32 Å². The van der Waals surface area contributed by atoms with E-state index in [0.717, 1.165) is 5.56 Å². The Bertz CT molecular complexity index is 320. The van der Waals surface area contributed by atoms with Gasteiger partial charge in [-0.2, -0.15) is 0 Å². The van der Waals surface area contributed by atoms with E-state index in [1.807, 2.05) is 6.07 Å². The van der Waals surface area contributed by atoms with Crippen molar-refractivity contribution in [2.75, 3.05) is 5.32 Å². The zero-order chi connectivity index (χ0) is 9.68. The summed E-state index contributed by atoms with van der Waals surface area (Å²) in [7, 11) is 0. The van der Waals surface area contributed by atoms with Gasteiger partial charge >= 0.3 is 0 Å². The fraction of sp³-hybridized carbons (Fsp3) is 0.200. The van der Waals surface area contributed by atoms with Crippen LogP contribution in [0.3, 0.4) is 0 Å². The minimum atomic E-state index is -0.140. The second-order valence-corrected chi connectivity index (χ2v) is 2.66. The van der Waals surface area contributed by atoms with Crippen LogP contribution in [-0.2, 0) is 16.0 Å². The highest BCUT2D eigenvalue weighted by atomic mass is 16.1. The number of hydrogen-bond acceptors (Lipinski definition) is 2. The fourth-order valence-electron chi connectivity index (χ4n) is 1.06. The lowest BCUT2D eigenvalue weighted by atomic mass is 10.1. The number of amides is 1. The van der Waals surface area contributed by atoms with Gasteiger partial charge in [0, 0.05) is 19.0 Å². The third-order valence-corrected chi connectivity index (χ3v) is 1.59. The van der Waals surface area contributed by atoms with Crippen LogP contribution in [0.1, 0.15) is 12.5 Å². The van der Waals surface area contributed by atoms with Gasteiger partial charge in [-0.15, -0.1) is 0 Å². The Balaban J connectivity index is 2.90. The lowest BCUT2D eigenvalue weighted by Crippen LogP contribution is -2.08. The van der Waals surface area contributed by atoms with Gasteiger partial charge in [-0.1, -0.05) is 18.2 Å². The number of benzene rings is 1. The molecule has 0 bridgehead atoms. The average Bonchev–Trinajstić information content (AvgIpc) is 2.08. The van der Waals surface area contributed by atoms with Gasteiger partial charge in [0.1, 0.15) is 0 Å². The third-order valence-electron chi connectivity index (χ3n) is 1.59. The molecule has 1 N–H and O–H groups in total. The van der Waals surface area contributed by atoms with Gasteiger partial charge in [-0.25, -0.2) is 0 Å². The maximum atomic E-state index is 10.8. The van der Waals surface area contributed by atoms with Crippen LogP contribution in [0.25, 0.3) is 0 Å². The molecular formula is C10H10NO2. The molecule has 1 rings (SSSR count). The fourth-order valence-corrected chi connectivity index (χ4v) is 1.06. The van der Waals surface area contributed by atoms with Crippen molar-refractivity contribution in [3.63, 3.8) is 0 Å². The van der Waals surface area contributed by atoms with Crippen LogP contribution in [0.5, 0.6) is 0 Å². The molecule has 13 heavy (non-hydrogen) atoms. The SMILES string of the molecule is CC(=O)Nc1ccccc1C[C]=O. The average molecular weight is 176 g/mol. The van der Waals surface area contributed by atoms with Gasteiger partial charge in [0.2, 0.25) is 12.2 Å². The number of nitrogens with one attached hydrogen (secondary N) is 1. The molecule has 1 radical (unpaired) electrons. The van der Waals surface area contributed by atoms with Gasteiger partial charge < -0.3 is 5.32 Å². The summed E-state index contributed by atoms with van der Waals surface area (Å²) in [4.78, 5) is 20.9. The van der Waals surface area contributed by atoms with Crippen molar-refractivity contribution >= 4 is 17.9 Å². The molecule has 1 aromatic rings. The Morgan fingerprint density at radius 3 is 2.77 bits per heavy atom. The molecule has 0 saturated heterocycles. The number of rotatable bonds is 3. The van der Waals surface area contributed by atoms with Crippen LogP contribution in [-0.4, -0.2) is 12.2 Å². The van der Waals surface area contributed by atoms with E-state index < -0.39 is 0 Å². The predicted octanol–water partition coefficient (Wildman–Crippen LogP) is 1.30. The standard InChI is InChI=1S/C10H10NO2/c1-8(13)11-10-5-3-2-4-9(10)6-7-12/h2-5H,6H2,1H3,(H,11,13). The summed E-state index contributed by atoms with van der Waals surface area (Å²) >= 11 is 0. The molecule has 0 fully saturated rings. The summed E-state index contributed by atoms with van der Waals surface area (Å²) in [5.41, 5.74) is 1.46. The van der Waals surface area contributed by atoms with E-state index in [2.05, 4.69) is 5.32 Å². The highest BCUT2D eigenvalue weighted by Crippen LogP contribution is 2.14. The summed E-state index contributed by atoms with van der Waals surface area (Å²) in [6, 6.07) is 7.17. The normalized spacial score (nSPS) is 9.31. The number of hydrogen-bond donors (Lipinski definition) is 1. The molecule has 0 spiro atoms. The summed E-state index contributed by atoms with van der Waals surface area (Å²) in [5.74, 6) is -0.140. The Hall–Kier alpha value is -1.64. The number of carbonyl (C=O) groups is 1. The van der Waals surface area contributed by atoms with Crippen molar-refractivity contribution in [2.45, 2.75) is 13.3 Å². The van der Waals surface area contributed by atoms with Gasteiger partial charge in [0.15, 0.2) is 0 Å². The van der Waals surface area contributed by atoms with E-state index in [9.17, 15) is 9.59 Å². The van der Waals surface area contributed by atoms with E-state index in [1.54, 1.807) is 24.5 Å². The topological polar surface area (TPSA) is 46.2 Å². The highest BCUT2D eigenvalue weighted by molar-refractivity contribution is 5.89. The monoisotopic (exact) mass is 176 g/mol. The number of carbonyl (C=O) groups excluding carboxylic acids is 2. The molecule has 0 aliphatic heterocycles. The first-order chi connectivity index (χ1) is 6.24. The minimum absolute atomic E-state index is 0.140. The first kappa shape index (κ1) is 9.45. The molecule has 0 atom stereocenters. The molecule has 3 heteroatoms. The van der Waals surface area contributed by atoms with E-state index in [1.165, 1.54) is 6.92 Å². The molecule has 0 aliphatic carbocycles. The zero-order valence-electron chi connectivity index (χ0n) is 7.33. The van der Waals surface area contributed by atoms with E-state index in [-0.39, 0.29) is 12.3 Å². The van der Waals surface area contributed by atoms with E-state index in [4.69, 9.17) is 0 Å². The van der Waals surface area contributed by atoms with Crippen molar-refractivity contribution in [3.8, 4) is 0 Å². The van der Waals surface area contributed by atoms with Crippen molar-refractivity contribution in [1.29, 1.82) is 0 Å². The van der Waals surface area contributed by atoms with Gasteiger partial charge in [0.25, 0.3) is 0 Å². The molecule has 3 nitrogen and oxygen atoms in total. The van der Waals surface area contributed by atoms with Gasteiger partial charge in [0.05, 0.1) is 0 Å². The van der Waals surface area contributed by atoms with E-state index >= 15 is 0 Å². The molecule has 0 aliphatic rings. The number of anilines is 1. The Labute approximate surface area is 76.8 Å². The minimum Gasteiger partial charge on any atom is -0.326 e. The first-order valence-electron chi connectivity index (χ1n) is 3.94. The lowest BCUT2D eigenvalue weighted by molar-refractivity contribution is -0.114. The summed E-state index contributed by atoms with van der Waals surface area (Å²) in [5, 5.41) is 2.64. The molecule has 1 aromatic carbocycles. The van der Waals surface area contributed by atoms with E-state index in [0.29, 0.717) is 5.69 Å². The van der Waals surface area contributed by atoms with Crippen molar-refractivity contribution in [2.24, 2.45) is 0 Å². The van der Waals surface area contributed by atoms with Crippen molar-refractivity contribution in [3.05, 3.63) is 29.8 Å². The largest absolute Gasteiger partial charge is 0.326 e. The quantitative estimate of drug-likeness (QED) is 0.754. The van der Waals surface area contributed by atoms with Crippen LogP contribution in [0.4, 0.5) is 5.69 Å². The van der Waals surface area contributed by atoms with Crippen LogP contribution >= 0.6 is 0 Å². The molecule has 0 heterocycles. The summed E-state index contributed by atoms with van der Waals surface area (Å²) in [6.07, 6.45) is 2.00. The second-order valence-electron chi connectivity index (χ2n) is 2.66. The van der Waals surface area contributed by atoms with Gasteiger partial charge in [-0.05, 0) is 11.6 Å². The molecule has 1 amide bonds. The summed E-state index contributed by atoms with van der Waals surface area (Å²) in [6.45, 7) is 1.43. The predicted molar refractivity (Wildman–Crippen MR) is 50.1 cm³/mol. The zero-order valence-corrected chi connectivity index (χ0v) is 7.33. The molecule has 67 valence electrons. The Morgan fingerprint density at radius 1 is 1.46 bits per heavy atom. The smallest absolute Gasteiger partial charge is 0.221 e. The molecule has 0 aromatic heterocycles. The van der Waals surface area contributed by atoms with Crippen LogP contribution in [0.15, 0.2) is 24.3 Å². The molecule has 0 saturated carbocycles. The lowest BCUT2D eigenvalue weighted by Gasteiger charge is -2.05. The van der Waals surface area contributed by atoms with Gasteiger partial charge in [-0.3, -0.25) is 9.59 Å². The molecule has 0 unspecified atom stereocenters. The Morgan fingerprint density at radius 2 is 2.15 bits per heavy atom. The Kier molecular flexibility index (Phi) is 3.20. The maximum absolute atomic E-state index is 10.8. The maximum Gasteiger partial charge on any atom is 0.221 e. The number of para-hydroxylation sites is 1. The third kappa shape index (κ3) is 2.71. The first-order valence-corrected chi connectivity index (χ1v) is 3.94. The van der Waals surface area contributed by atoms with Crippen molar-refractivity contribution in [1.82, 2.24) is 0 Å².